The molecule has 3 aromatic rings. The normalized spacial score (nSPS) is 19.7. The number of benzene rings is 3. The summed E-state index contributed by atoms with van der Waals surface area (Å²) in [5.41, 5.74) is 2.82. The van der Waals surface area contributed by atoms with Gasteiger partial charge in [-0.3, -0.25) is 4.79 Å². The Balaban J connectivity index is 1.30. The van der Waals surface area contributed by atoms with Gasteiger partial charge in [-0.1, -0.05) is 42.5 Å². The van der Waals surface area contributed by atoms with Crippen molar-refractivity contribution in [2.24, 2.45) is 0 Å². The highest BCUT2D eigenvalue weighted by molar-refractivity contribution is 5.96. The van der Waals surface area contributed by atoms with Crippen molar-refractivity contribution in [2.45, 2.75) is 19.5 Å². The average Bonchev–Trinajstić information content (AvgIpc) is 2.79. The zero-order chi connectivity index (χ0) is 20.9. The molecule has 0 spiro atoms. The Morgan fingerprint density at radius 3 is 2.40 bits per heavy atom. The van der Waals surface area contributed by atoms with Crippen LogP contribution in [0.4, 0.5) is 5.69 Å². The van der Waals surface area contributed by atoms with Crippen molar-refractivity contribution in [3.05, 3.63) is 77.9 Å². The van der Waals surface area contributed by atoms with Crippen LogP contribution in [0.25, 0.3) is 10.8 Å². The molecule has 0 unspecified atom stereocenters. The van der Waals surface area contributed by atoms with E-state index in [4.69, 9.17) is 5.26 Å². The summed E-state index contributed by atoms with van der Waals surface area (Å²) in [6.45, 7) is 7.05. The molecule has 4 rings (SSSR count). The quantitative estimate of drug-likeness (QED) is 0.599. The number of nitrogens with one attached hydrogen (secondary N) is 3. The van der Waals surface area contributed by atoms with Crippen molar-refractivity contribution in [1.29, 1.82) is 5.26 Å². The highest BCUT2D eigenvalue weighted by Gasteiger charge is 2.31. The summed E-state index contributed by atoms with van der Waals surface area (Å²) in [7, 11) is 0. The molecular weight excluding hydrogens is 372 g/mol. The number of nitrogens with zero attached hydrogens (tertiary/aromatic N) is 1. The van der Waals surface area contributed by atoms with Crippen molar-refractivity contribution in [1.82, 2.24) is 0 Å². The fraction of sp³-hybridized carbons (Fsp3) is 0.280. The molecular formula is C25H28N4O+2. The van der Waals surface area contributed by atoms with Crippen LogP contribution in [0.3, 0.4) is 0 Å². The predicted octanol–water partition coefficient (Wildman–Crippen LogP) is 1.02. The lowest BCUT2D eigenvalue weighted by molar-refractivity contribution is -1.02. The van der Waals surface area contributed by atoms with Gasteiger partial charge in [0.1, 0.15) is 32.7 Å². The van der Waals surface area contributed by atoms with E-state index in [-0.39, 0.29) is 11.9 Å². The van der Waals surface area contributed by atoms with Crippen molar-refractivity contribution in [2.75, 3.05) is 31.5 Å². The number of fused-ring (bicyclic) bond motifs is 1. The van der Waals surface area contributed by atoms with Gasteiger partial charge in [0.05, 0.1) is 11.6 Å². The molecule has 3 N–H and O–H groups in total. The van der Waals surface area contributed by atoms with Gasteiger partial charge in [0.15, 0.2) is 6.04 Å². The van der Waals surface area contributed by atoms with E-state index < -0.39 is 0 Å². The first kappa shape index (κ1) is 20.1. The number of rotatable bonds is 5. The van der Waals surface area contributed by atoms with Gasteiger partial charge < -0.3 is 15.1 Å². The van der Waals surface area contributed by atoms with Crippen LogP contribution in [-0.2, 0) is 11.3 Å². The lowest BCUT2D eigenvalue weighted by Gasteiger charge is -2.32. The van der Waals surface area contributed by atoms with Gasteiger partial charge in [-0.25, -0.2) is 0 Å². The van der Waals surface area contributed by atoms with E-state index in [2.05, 4.69) is 23.5 Å². The molecule has 0 saturated carbocycles. The maximum Gasteiger partial charge on any atom is 0.282 e. The molecule has 1 saturated heterocycles. The first-order valence-electron chi connectivity index (χ1n) is 10.6. The number of quaternary nitrogens is 2. The summed E-state index contributed by atoms with van der Waals surface area (Å²) in [5, 5.41) is 14.3. The standard InChI is InChI=1S/C25H26N4O/c1-19(25(30)27-24-11-10-22-4-2-3-5-23(22)16-24)29-14-12-28(13-15-29)18-21-8-6-20(17-26)7-9-21/h2-11,16,19H,12-15,18H2,1H3,(H,27,30)/p+2/t19-/m0/s1. The van der Waals surface area contributed by atoms with Crippen LogP contribution in [0.1, 0.15) is 18.1 Å². The predicted molar refractivity (Wildman–Crippen MR) is 118 cm³/mol. The monoisotopic (exact) mass is 400 g/mol. The Labute approximate surface area is 177 Å². The lowest BCUT2D eigenvalue weighted by atomic mass is 10.1. The Hall–Kier alpha value is -3.20. The molecule has 1 aliphatic heterocycles. The summed E-state index contributed by atoms with van der Waals surface area (Å²) < 4.78 is 0. The van der Waals surface area contributed by atoms with Crippen LogP contribution in [0.2, 0.25) is 0 Å². The van der Waals surface area contributed by atoms with E-state index in [0.29, 0.717) is 5.56 Å². The molecule has 0 bridgehead atoms. The molecule has 5 nitrogen and oxygen atoms in total. The summed E-state index contributed by atoms with van der Waals surface area (Å²) >= 11 is 0. The Kier molecular flexibility index (Phi) is 6.08. The molecule has 1 fully saturated rings. The molecule has 1 atom stereocenters. The molecule has 3 aromatic carbocycles. The van der Waals surface area contributed by atoms with Crippen molar-refractivity contribution < 1.29 is 14.6 Å². The number of hydrogen-bond donors (Lipinski definition) is 3. The number of carbonyl (C=O) groups excluding carboxylic acids is 1. The number of anilines is 1. The first-order chi connectivity index (χ1) is 14.6. The third-order valence-corrected chi connectivity index (χ3v) is 6.16. The van der Waals surface area contributed by atoms with Gasteiger partial charge in [-0.05, 0) is 42.0 Å². The minimum Gasteiger partial charge on any atom is -0.322 e. The van der Waals surface area contributed by atoms with E-state index >= 15 is 0 Å². The van der Waals surface area contributed by atoms with Crippen molar-refractivity contribution in [3.8, 4) is 6.07 Å². The molecule has 0 aromatic heterocycles. The van der Waals surface area contributed by atoms with Gasteiger partial charge >= 0.3 is 0 Å². The molecule has 1 heterocycles. The smallest absolute Gasteiger partial charge is 0.282 e. The second-order valence-electron chi connectivity index (χ2n) is 8.17. The van der Waals surface area contributed by atoms with Crippen molar-refractivity contribution >= 4 is 22.4 Å². The number of hydrogen-bond acceptors (Lipinski definition) is 2. The number of piperazine rings is 1. The maximum absolute atomic E-state index is 12.8. The largest absolute Gasteiger partial charge is 0.322 e. The number of nitriles is 1. The minimum absolute atomic E-state index is 0.0760. The van der Waals surface area contributed by atoms with Crippen molar-refractivity contribution in [3.63, 3.8) is 0 Å². The minimum atomic E-state index is -0.0760. The zero-order valence-electron chi connectivity index (χ0n) is 17.3. The zero-order valence-corrected chi connectivity index (χ0v) is 17.3. The second kappa shape index (κ2) is 9.08. The summed E-state index contributed by atoms with van der Waals surface area (Å²) in [5.74, 6) is 0.0795. The topological polar surface area (TPSA) is 61.8 Å². The Morgan fingerprint density at radius 2 is 1.70 bits per heavy atom. The van der Waals surface area contributed by atoms with Crippen LogP contribution in [0.5, 0.6) is 0 Å². The van der Waals surface area contributed by atoms with Crippen LogP contribution in [0.15, 0.2) is 66.7 Å². The molecule has 30 heavy (non-hydrogen) atoms. The molecule has 0 aliphatic carbocycles. The second-order valence-corrected chi connectivity index (χ2v) is 8.17. The fourth-order valence-corrected chi connectivity index (χ4v) is 4.22. The van der Waals surface area contributed by atoms with Gasteiger partial charge in [-0.2, -0.15) is 5.26 Å². The van der Waals surface area contributed by atoms with Gasteiger partial charge in [0.2, 0.25) is 0 Å². The third-order valence-electron chi connectivity index (χ3n) is 6.16. The van der Waals surface area contributed by atoms with E-state index in [9.17, 15) is 4.79 Å². The summed E-state index contributed by atoms with van der Waals surface area (Å²) in [4.78, 5) is 15.7. The van der Waals surface area contributed by atoms with Gasteiger partial charge in [0, 0.05) is 11.3 Å². The van der Waals surface area contributed by atoms with E-state index in [0.717, 1.165) is 43.8 Å². The van der Waals surface area contributed by atoms with Crippen LogP contribution in [0, 0.1) is 11.3 Å². The molecule has 5 heteroatoms. The van der Waals surface area contributed by atoms with Gasteiger partial charge in [0.25, 0.3) is 5.91 Å². The fourth-order valence-electron chi connectivity index (χ4n) is 4.22. The third kappa shape index (κ3) is 4.68. The lowest BCUT2D eigenvalue weighted by Crippen LogP contribution is -3.29. The van der Waals surface area contributed by atoms with E-state index in [1.807, 2.05) is 61.5 Å². The molecule has 152 valence electrons. The first-order valence-corrected chi connectivity index (χ1v) is 10.6. The number of carbonyl (C=O) groups is 1. The van der Waals surface area contributed by atoms with E-state index in [1.54, 1.807) is 0 Å². The Bertz CT molecular complexity index is 1060. The highest BCUT2D eigenvalue weighted by atomic mass is 16.2. The average molecular weight is 401 g/mol. The van der Waals surface area contributed by atoms with E-state index in [1.165, 1.54) is 20.7 Å². The van der Waals surface area contributed by atoms with Gasteiger partial charge in [-0.15, -0.1) is 0 Å². The molecule has 1 amide bonds. The SMILES string of the molecule is C[C@@H](C(=O)Nc1ccc2ccccc2c1)[NH+]1CC[NH+](Cc2ccc(C#N)cc2)CC1. The summed E-state index contributed by atoms with van der Waals surface area (Å²) in [6, 6.07) is 24.2. The van der Waals surface area contributed by atoms with Crippen LogP contribution in [-0.4, -0.2) is 38.1 Å². The molecule has 1 aliphatic rings. The number of amides is 1. The van der Waals surface area contributed by atoms with Crippen LogP contribution < -0.4 is 15.1 Å². The van der Waals surface area contributed by atoms with Crippen LogP contribution >= 0.6 is 0 Å². The Morgan fingerprint density at radius 1 is 1.00 bits per heavy atom. The highest BCUT2D eigenvalue weighted by Crippen LogP contribution is 2.18. The molecule has 0 radical (unpaired) electrons. The summed E-state index contributed by atoms with van der Waals surface area (Å²) in [6.07, 6.45) is 0. The maximum atomic E-state index is 12.8.